The highest BCUT2D eigenvalue weighted by atomic mass is 16.5. The number of nitrogens with one attached hydrogen (secondary N) is 1. The van der Waals surface area contributed by atoms with Crippen molar-refractivity contribution in [3.05, 3.63) is 35.9 Å². The molecule has 0 bridgehead atoms. The molecule has 20 heavy (non-hydrogen) atoms. The minimum absolute atomic E-state index is 0.0728. The summed E-state index contributed by atoms with van der Waals surface area (Å²) in [6.07, 6.45) is 0. The molecule has 1 aromatic carbocycles. The third-order valence-electron chi connectivity index (χ3n) is 2.54. The first-order chi connectivity index (χ1) is 9.35. The van der Waals surface area contributed by atoms with Crippen molar-refractivity contribution in [3.63, 3.8) is 0 Å². The Hall–Kier alpha value is -2.50. The van der Waals surface area contributed by atoms with Crippen molar-refractivity contribution in [2.45, 2.75) is 6.92 Å². The topological polar surface area (TPSA) is 78.9 Å². The van der Waals surface area contributed by atoms with Crippen molar-refractivity contribution in [1.82, 2.24) is 4.90 Å². The van der Waals surface area contributed by atoms with Crippen molar-refractivity contribution in [2.24, 2.45) is 0 Å². The molecule has 0 spiro atoms. The molecule has 6 heteroatoms. The Morgan fingerprint density at radius 1 is 1.45 bits per heavy atom. The van der Waals surface area contributed by atoms with Crippen LogP contribution in [0.25, 0.3) is 0 Å². The van der Waals surface area contributed by atoms with Crippen LogP contribution in [-0.2, 0) is 0 Å². The van der Waals surface area contributed by atoms with Gasteiger partial charge in [0.15, 0.2) is 0 Å². The van der Waals surface area contributed by atoms with Gasteiger partial charge in [-0.05, 0) is 25.1 Å². The first kappa shape index (κ1) is 15.6. The summed E-state index contributed by atoms with van der Waals surface area (Å²) < 4.78 is 5.10. The Bertz CT molecular complexity index is 540. The summed E-state index contributed by atoms with van der Waals surface area (Å²) in [5.74, 6) is -0.675. The first-order valence-electron chi connectivity index (χ1n) is 5.93. The number of carboxylic acids is 1. The van der Waals surface area contributed by atoms with E-state index in [-0.39, 0.29) is 11.6 Å². The lowest BCUT2D eigenvalue weighted by atomic mass is 10.2. The molecule has 0 aliphatic rings. The quantitative estimate of drug-likeness (QED) is 0.811. The van der Waals surface area contributed by atoms with Crippen LogP contribution in [0.1, 0.15) is 17.3 Å². The number of anilines is 1. The Balaban J connectivity index is 2.94. The summed E-state index contributed by atoms with van der Waals surface area (Å²) >= 11 is 0. The van der Waals surface area contributed by atoms with Crippen molar-refractivity contribution >= 4 is 17.7 Å². The number of hydrogen-bond acceptors (Lipinski definition) is 3. The number of urea groups is 1. The summed E-state index contributed by atoms with van der Waals surface area (Å²) in [4.78, 5) is 24.4. The second-order valence-corrected chi connectivity index (χ2v) is 4.46. The Kier molecular flexibility index (Phi) is 5.14. The molecule has 108 valence electrons. The highest BCUT2D eigenvalue weighted by Crippen LogP contribution is 2.25. The molecule has 1 aromatic rings. The zero-order valence-corrected chi connectivity index (χ0v) is 11.8. The number of benzene rings is 1. The van der Waals surface area contributed by atoms with Crippen molar-refractivity contribution in [3.8, 4) is 5.75 Å². The van der Waals surface area contributed by atoms with Crippen LogP contribution < -0.4 is 10.1 Å². The second-order valence-electron chi connectivity index (χ2n) is 4.46. The number of amides is 2. The monoisotopic (exact) mass is 278 g/mol. The molecule has 0 atom stereocenters. The van der Waals surface area contributed by atoms with Crippen LogP contribution in [-0.4, -0.2) is 42.7 Å². The average molecular weight is 278 g/mol. The molecule has 1 rings (SSSR count). The summed E-state index contributed by atoms with van der Waals surface area (Å²) in [5, 5.41) is 11.6. The Labute approximate surface area is 117 Å². The highest BCUT2D eigenvalue weighted by Gasteiger charge is 2.14. The van der Waals surface area contributed by atoms with Gasteiger partial charge in [-0.15, -0.1) is 0 Å². The molecule has 6 nitrogen and oxygen atoms in total. The van der Waals surface area contributed by atoms with Gasteiger partial charge < -0.3 is 20.1 Å². The fourth-order valence-electron chi connectivity index (χ4n) is 1.63. The maximum atomic E-state index is 12.0. The zero-order valence-electron chi connectivity index (χ0n) is 11.8. The summed E-state index contributed by atoms with van der Waals surface area (Å²) in [5.41, 5.74) is 1.23. The molecule has 0 radical (unpaired) electrons. The lowest BCUT2D eigenvalue weighted by molar-refractivity contribution is 0.0697. The normalized spacial score (nSPS) is 9.75. The number of ether oxygens (including phenoxy) is 1. The number of nitrogens with zero attached hydrogens (tertiary/aromatic N) is 1. The van der Waals surface area contributed by atoms with E-state index in [0.29, 0.717) is 18.0 Å². The minimum atomic E-state index is -1.07. The zero-order chi connectivity index (χ0) is 15.3. The summed E-state index contributed by atoms with van der Waals surface area (Å²) in [6, 6.07) is 3.90. The molecule has 0 fully saturated rings. The predicted molar refractivity (Wildman–Crippen MR) is 76.4 cm³/mol. The maximum Gasteiger partial charge on any atom is 0.335 e. The Morgan fingerprint density at radius 2 is 2.10 bits per heavy atom. The van der Waals surface area contributed by atoms with E-state index in [4.69, 9.17) is 9.84 Å². The van der Waals surface area contributed by atoms with Gasteiger partial charge >= 0.3 is 12.0 Å². The van der Waals surface area contributed by atoms with E-state index in [2.05, 4.69) is 11.9 Å². The van der Waals surface area contributed by atoms with Crippen molar-refractivity contribution in [1.29, 1.82) is 0 Å². The molecule has 0 saturated carbocycles. The van der Waals surface area contributed by atoms with E-state index in [9.17, 15) is 9.59 Å². The van der Waals surface area contributed by atoms with E-state index >= 15 is 0 Å². The molecular weight excluding hydrogens is 260 g/mol. The van der Waals surface area contributed by atoms with Crippen LogP contribution in [0.3, 0.4) is 0 Å². The van der Waals surface area contributed by atoms with Gasteiger partial charge in [0, 0.05) is 13.6 Å². The second kappa shape index (κ2) is 6.60. The van der Waals surface area contributed by atoms with Gasteiger partial charge in [0.05, 0.1) is 18.4 Å². The van der Waals surface area contributed by atoms with Crippen LogP contribution in [0, 0.1) is 0 Å². The number of carbonyl (C=O) groups is 2. The average Bonchev–Trinajstić information content (AvgIpc) is 2.37. The van der Waals surface area contributed by atoms with Crippen LogP contribution in [0.15, 0.2) is 30.4 Å². The van der Waals surface area contributed by atoms with Crippen LogP contribution in [0.5, 0.6) is 5.75 Å². The van der Waals surface area contributed by atoms with E-state index < -0.39 is 5.97 Å². The van der Waals surface area contributed by atoms with Crippen LogP contribution >= 0.6 is 0 Å². The number of hydrogen-bond donors (Lipinski definition) is 2. The molecule has 0 aliphatic heterocycles. The van der Waals surface area contributed by atoms with Gasteiger partial charge in [-0.25, -0.2) is 9.59 Å². The molecular formula is C14H18N2O4. The molecule has 2 N–H and O–H groups in total. The van der Waals surface area contributed by atoms with Gasteiger partial charge in [-0.3, -0.25) is 0 Å². The summed E-state index contributed by atoms with van der Waals surface area (Å²) in [7, 11) is 3.07. The van der Waals surface area contributed by atoms with Gasteiger partial charge in [-0.1, -0.05) is 12.2 Å². The third kappa shape index (κ3) is 4.01. The van der Waals surface area contributed by atoms with Gasteiger partial charge in [-0.2, -0.15) is 0 Å². The lowest BCUT2D eigenvalue weighted by Gasteiger charge is -2.19. The summed E-state index contributed by atoms with van der Waals surface area (Å²) in [6.45, 7) is 5.96. The molecule has 0 aromatic heterocycles. The number of rotatable bonds is 5. The predicted octanol–water partition coefficient (Wildman–Crippen LogP) is 2.43. The highest BCUT2D eigenvalue weighted by molar-refractivity contribution is 5.94. The van der Waals surface area contributed by atoms with E-state index in [0.717, 1.165) is 5.57 Å². The van der Waals surface area contributed by atoms with Crippen LogP contribution in [0.2, 0.25) is 0 Å². The number of aromatic carboxylic acids is 1. The molecule has 0 aliphatic carbocycles. The number of carboxylic acid groups (broad SMARTS) is 1. The number of likely N-dealkylation sites (N-methyl/N-ethyl adjacent to an activating group) is 1. The number of methoxy groups -OCH3 is 1. The number of carbonyl (C=O) groups excluding carboxylic acids is 1. The molecule has 0 unspecified atom stereocenters. The largest absolute Gasteiger partial charge is 0.495 e. The van der Waals surface area contributed by atoms with Gasteiger partial charge in [0.2, 0.25) is 0 Å². The van der Waals surface area contributed by atoms with E-state index in [1.54, 1.807) is 7.05 Å². The van der Waals surface area contributed by atoms with Gasteiger partial charge in [0.25, 0.3) is 0 Å². The standard InChI is InChI=1S/C14H18N2O4/c1-9(2)8-16(3)14(19)15-11-7-10(13(17)18)5-6-12(11)20-4/h5-7H,1,8H2,2-4H3,(H,15,19)(H,17,18). The van der Waals surface area contributed by atoms with Gasteiger partial charge in [0.1, 0.15) is 5.75 Å². The molecule has 0 heterocycles. The maximum absolute atomic E-state index is 12.0. The molecule has 0 saturated heterocycles. The van der Waals surface area contributed by atoms with Crippen LogP contribution in [0.4, 0.5) is 10.5 Å². The first-order valence-corrected chi connectivity index (χ1v) is 5.93. The van der Waals surface area contributed by atoms with E-state index in [1.165, 1.54) is 30.2 Å². The molecule has 2 amide bonds. The smallest absolute Gasteiger partial charge is 0.335 e. The minimum Gasteiger partial charge on any atom is -0.495 e. The Morgan fingerprint density at radius 3 is 2.60 bits per heavy atom. The fraction of sp³-hybridized carbons (Fsp3) is 0.286. The third-order valence-corrected chi connectivity index (χ3v) is 2.54. The van der Waals surface area contributed by atoms with Crippen molar-refractivity contribution < 1.29 is 19.4 Å². The fourth-order valence-corrected chi connectivity index (χ4v) is 1.63. The van der Waals surface area contributed by atoms with Crippen molar-refractivity contribution in [2.75, 3.05) is 26.0 Å². The van der Waals surface area contributed by atoms with E-state index in [1.807, 2.05) is 6.92 Å². The lowest BCUT2D eigenvalue weighted by Crippen LogP contribution is -2.32. The SMILES string of the molecule is C=C(C)CN(C)C(=O)Nc1cc(C(=O)O)ccc1OC.